The Morgan fingerprint density at radius 1 is 1.39 bits per heavy atom. The predicted octanol–water partition coefficient (Wildman–Crippen LogP) is 1.56. The highest BCUT2D eigenvalue weighted by Gasteiger charge is 2.08. The summed E-state index contributed by atoms with van der Waals surface area (Å²) in [4.78, 5) is 16.5. The summed E-state index contributed by atoms with van der Waals surface area (Å²) in [6.45, 7) is 0. The Kier molecular flexibility index (Phi) is 2.19. The van der Waals surface area contributed by atoms with Crippen LogP contribution in [0, 0.1) is 0 Å². The summed E-state index contributed by atoms with van der Waals surface area (Å²) in [5, 5.41) is 10.1. The van der Waals surface area contributed by atoms with Gasteiger partial charge in [-0.15, -0.1) is 0 Å². The molecule has 0 aliphatic rings. The van der Waals surface area contributed by atoms with E-state index in [2.05, 4.69) is 4.98 Å². The molecule has 5 nitrogen and oxygen atoms in total. The zero-order valence-corrected chi connectivity index (χ0v) is 9.62. The van der Waals surface area contributed by atoms with E-state index in [4.69, 9.17) is 4.74 Å². The normalized spacial score (nSPS) is 10.9. The number of nitrogens with zero attached hydrogens (tertiary/aromatic N) is 2. The van der Waals surface area contributed by atoms with Gasteiger partial charge in [0.2, 0.25) is 0 Å². The van der Waals surface area contributed by atoms with Gasteiger partial charge in [-0.3, -0.25) is 14.2 Å². The zero-order valence-electron chi connectivity index (χ0n) is 9.62. The van der Waals surface area contributed by atoms with Crippen LogP contribution in [0.2, 0.25) is 0 Å². The highest BCUT2D eigenvalue weighted by Crippen LogP contribution is 2.28. The average molecular weight is 242 g/mol. The molecule has 0 aliphatic carbocycles. The Balaban J connectivity index is 2.56. The largest absolute Gasteiger partial charge is 0.504 e. The topological polar surface area (TPSA) is 63.8 Å². The number of phenols is 1. The third kappa shape index (κ3) is 1.41. The lowest BCUT2D eigenvalue weighted by Gasteiger charge is -2.02. The molecule has 1 aromatic carbocycles. The summed E-state index contributed by atoms with van der Waals surface area (Å²) in [7, 11) is 1.44. The van der Waals surface area contributed by atoms with Gasteiger partial charge in [0.05, 0.1) is 29.7 Å². The van der Waals surface area contributed by atoms with Crippen LogP contribution in [-0.2, 0) is 0 Å². The molecule has 2 heterocycles. The van der Waals surface area contributed by atoms with Crippen LogP contribution in [0.5, 0.6) is 11.5 Å². The van der Waals surface area contributed by atoms with E-state index >= 15 is 0 Å². The zero-order chi connectivity index (χ0) is 12.7. The molecule has 0 spiro atoms. The van der Waals surface area contributed by atoms with E-state index in [1.54, 1.807) is 24.5 Å². The highest BCUT2D eigenvalue weighted by molar-refractivity contribution is 5.82. The van der Waals surface area contributed by atoms with Gasteiger partial charge < -0.3 is 9.84 Å². The number of aromatic hydroxyl groups is 1. The lowest BCUT2D eigenvalue weighted by Crippen LogP contribution is -2.08. The summed E-state index contributed by atoms with van der Waals surface area (Å²) in [5.74, 6) is 0.223. The minimum atomic E-state index is -0.194. The number of hydrogen-bond acceptors (Lipinski definition) is 4. The molecule has 2 aromatic heterocycles. The van der Waals surface area contributed by atoms with Crippen LogP contribution in [-0.4, -0.2) is 21.6 Å². The molecule has 18 heavy (non-hydrogen) atoms. The quantitative estimate of drug-likeness (QED) is 0.703. The maximum absolute atomic E-state index is 12.3. The number of methoxy groups -OCH3 is 1. The number of rotatable bonds is 1. The highest BCUT2D eigenvalue weighted by atomic mass is 16.5. The van der Waals surface area contributed by atoms with Crippen molar-refractivity contribution in [1.82, 2.24) is 9.38 Å². The van der Waals surface area contributed by atoms with Crippen LogP contribution in [0.25, 0.3) is 16.4 Å². The van der Waals surface area contributed by atoms with Crippen molar-refractivity contribution < 1.29 is 9.84 Å². The molecule has 0 saturated carbocycles. The number of aromatic nitrogens is 2. The van der Waals surface area contributed by atoms with Crippen molar-refractivity contribution in [2.45, 2.75) is 0 Å². The van der Waals surface area contributed by atoms with Crippen molar-refractivity contribution in [2.24, 2.45) is 0 Å². The van der Waals surface area contributed by atoms with Crippen LogP contribution >= 0.6 is 0 Å². The predicted molar refractivity (Wildman–Crippen MR) is 67.2 cm³/mol. The van der Waals surface area contributed by atoms with Gasteiger partial charge in [0.25, 0.3) is 5.56 Å². The van der Waals surface area contributed by atoms with E-state index < -0.39 is 0 Å². The first-order valence-corrected chi connectivity index (χ1v) is 5.38. The Bertz CT molecular complexity index is 808. The summed E-state index contributed by atoms with van der Waals surface area (Å²) < 4.78 is 6.51. The molecule has 0 aliphatic heterocycles. The van der Waals surface area contributed by atoms with Gasteiger partial charge in [0, 0.05) is 12.3 Å². The van der Waals surface area contributed by atoms with Gasteiger partial charge in [0.1, 0.15) is 0 Å². The van der Waals surface area contributed by atoms with Gasteiger partial charge in [0.15, 0.2) is 11.5 Å². The molecule has 0 fully saturated rings. The van der Waals surface area contributed by atoms with Crippen LogP contribution in [0.4, 0.5) is 0 Å². The van der Waals surface area contributed by atoms with Gasteiger partial charge in [-0.1, -0.05) is 0 Å². The second-order valence-corrected chi connectivity index (χ2v) is 3.91. The van der Waals surface area contributed by atoms with Gasteiger partial charge in [-0.2, -0.15) is 0 Å². The molecule has 90 valence electrons. The van der Waals surface area contributed by atoms with Crippen molar-refractivity contribution in [3.63, 3.8) is 0 Å². The molecular weight excluding hydrogens is 232 g/mol. The molecule has 0 atom stereocenters. The molecule has 0 radical (unpaired) electrons. The van der Waals surface area contributed by atoms with E-state index in [1.807, 2.05) is 0 Å². The fraction of sp³-hybridized carbons (Fsp3) is 0.0769. The summed E-state index contributed by atoms with van der Waals surface area (Å²) in [6, 6.07) is 6.50. The monoisotopic (exact) mass is 242 g/mol. The van der Waals surface area contributed by atoms with Crippen LogP contribution in [0.15, 0.2) is 41.5 Å². The van der Waals surface area contributed by atoms with E-state index in [9.17, 15) is 9.90 Å². The lowest BCUT2D eigenvalue weighted by molar-refractivity contribution is 0.374. The Morgan fingerprint density at radius 3 is 3.00 bits per heavy atom. The second kappa shape index (κ2) is 3.73. The molecule has 0 saturated heterocycles. The SMILES string of the molecule is COc1cc2c(=O)n3cccc3cnc2cc1O. The second-order valence-electron chi connectivity index (χ2n) is 3.91. The summed E-state index contributed by atoms with van der Waals surface area (Å²) in [5.41, 5.74) is 0.942. The molecular formula is C13H10N2O3. The van der Waals surface area contributed by atoms with Gasteiger partial charge >= 0.3 is 0 Å². The van der Waals surface area contributed by atoms with Crippen LogP contribution in [0.1, 0.15) is 0 Å². The summed E-state index contributed by atoms with van der Waals surface area (Å²) >= 11 is 0. The minimum Gasteiger partial charge on any atom is -0.504 e. The van der Waals surface area contributed by atoms with Crippen LogP contribution < -0.4 is 10.3 Å². The third-order valence-corrected chi connectivity index (χ3v) is 2.86. The fourth-order valence-electron chi connectivity index (χ4n) is 1.95. The molecule has 5 heteroatoms. The van der Waals surface area contributed by atoms with E-state index in [-0.39, 0.29) is 17.1 Å². The summed E-state index contributed by atoms with van der Waals surface area (Å²) in [6.07, 6.45) is 3.27. The first kappa shape index (κ1) is 10.6. The molecule has 3 rings (SSSR count). The van der Waals surface area contributed by atoms with Gasteiger partial charge in [-0.25, -0.2) is 0 Å². The van der Waals surface area contributed by atoms with Crippen molar-refractivity contribution >= 4 is 16.4 Å². The van der Waals surface area contributed by atoms with E-state index in [1.165, 1.54) is 23.6 Å². The van der Waals surface area contributed by atoms with Crippen molar-refractivity contribution in [1.29, 1.82) is 0 Å². The van der Waals surface area contributed by atoms with Crippen molar-refractivity contribution in [2.75, 3.05) is 7.11 Å². The first-order valence-electron chi connectivity index (χ1n) is 5.38. The molecule has 3 aromatic rings. The maximum Gasteiger partial charge on any atom is 0.264 e. The number of phenolic OH excluding ortho intramolecular Hbond substituents is 1. The fourth-order valence-corrected chi connectivity index (χ4v) is 1.95. The lowest BCUT2D eigenvalue weighted by atomic mass is 10.2. The molecule has 0 unspecified atom stereocenters. The average Bonchev–Trinajstić information content (AvgIpc) is 2.79. The molecule has 0 bridgehead atoms. The van der Waals surface area contributed by atoms with E-state index in [0.717, 1.165) is 0 Å². The van der Waals surface area contributed by atoms with Gasteiger partial charge in [-0.05, 0) is 18.2 Å². The first-order chi connectivity index (χ1) is 8.70. The molecule has 1 N–H and O–H groups in total. The maximum atomic E-state index is 12.3. The Hall–Kier alpha value is -2.56. The standard InChI is InChI=1S/C13H10N2O3/c1-18-12-5-9-10(6-11(12)16)14-7-8-3-2-4-15(8)13(9)17/h2-7,16H,1H3. The number of ether oxygens (including phenoxy) is 1. The van der Waals surface area contributed by atoms with E-state index in [0.29, 0.717) is 16.4 Å². The smallest absolute Gasteiger partial charge is 0.264 e. The van der Waals surface area contributed by atoms with Crippen molar-refractivity contribution in [3.05, 3.63) is 47.0 Å². The number of hydrogen-bond donors (Lipinski definition) is 1. The third-order valence-electron chi connectivity index (χ3n) is 2.86. The number of benzene rings is 1. The Labute approximate surface area is 102 Å². The molecule has 0 amide bonds. The Morgan fingerprint density at radius 2 is 2.22 bits per heavy atom. The minimum absolute atomic E-state index is 0.0345. The van der Waals surface area contributed by atoms with Crippen molar-refractivity contribution in [3.8, 4) is 11.5 Å². The van der Waals surface area contributed by atoms with Crippen LogP contribution in [0.3, 0.4) is 0 Å². The number of fused-ring (bicyclic) bond motifs is 2.